The molecule has 1 N–H and O–H groups in total. The molecule has 1 saturated heterocycles. The third kappa shape index (κ3) is 4.42. The molecule has 10 heteroatoms. The van der Waals surface area contributed by atoms with Crippen molar-refractivity contribution in [1.82, 2.24) is 35.0 Å². The lowest BCUT2D eigenvalue weighted by molar-refractivity contribution is 0.0556. The van der Waals surface area contributed by atoms with Gasteiger partial charge in [-0.1, -0.05) is 31.4 Å². The van der Waals surface area contributed by atoms with Crippen LogP contribution in [0.1, 0.15) is 77.3 Å². The SMILES string of the molecule is Cc1ccc(C)c2[nH]c(=O)c([C@H](c3nnnn3C3CCCCC3)N3CCN(C(=O)c4ccco4)CC3)cc12. The zero-order valence-electron chi connectivity index (χ0n) is 21.9. The number of fused-ring (bicyclic) bond motifs is 1. The number of aryl methyl sites for hydroxylation is 2. The van der Waals surface area contributed by atoms with Crippen LogP contribution >= 0.6 is 0 Å². The molecule has 0 bridgehead atoms. The average molecular weight is 516 g/mol. The quantitative estimate of drug-likeness (QED) is 0.430. The predicted molar refractivity (Wildman–Crippen MR) is 142 cm³/mol. The van der Waals surface area contributed by atoms with Crippen molar-refractivity contribution in [1.29, 1.82) is 0 Å². The summed E-state index contributed by atoms with van der Waals surface area (Å²) in [6.07, 6.45) is 7.10. The highest BCUT2D eigenvalue weighted by atomic mass is 16.3. The molecular weight excluding hydrogens is 482 g/mol. The van der Waals surface area contributed by atoms with Crippen LogP contribution in [0.25, 0.3) is 10.9 Å². The van der Waals surface area contributed by atoms with Gasteiger partial charge in [0, 0.05) is 37.1 Å². The molecule has 1 aliphatic carbocycles. The molecule has 4 heterocycles. The lowest BCUT2D eigenvalue weighted by atomic mass is 9.94. The van der Waals surface area contributed by atoms with Gasteiger partial charge in [0.2, 0.25) is 0 Å². The van der Waals surface area contributed by atoms with Crippen LogP contribution in [0.5, 0.6) is 0 Å². The molecule has 1 atom stereocenters. The van der Waals surface area contributed by atoms with Crippen LogP contribution in [0.2, 0.25) is 0 Å². The van der Waals surface area contributed by atoms with Gasteiger partial charge >= 0.3 is 0 Å². The summed E-state index contributed by atoms with van der Waals surface area (Å²) in [5, 5.41) is 14.0. The van der Waals surface area contributed by atoms with Crippen molar-refractivity contribution in [2.45, 2.75) is 58.0 Å². The predicted octanol–water partition coefficient (Wildman–Crippen LogP) is 3.78. The molecule has 10 nitrogen and oxygen atoms in total. The van der Waals surface area contributed by atoms with Crippen LogP contribution in [0.15, 0.2) is 45.8 Å². The number of nitrogens with zero attached hydrogens (tertiary/aromatic N) is 6. The maximum Gasteiger partial charge on any atom is 0.289 e. The number of H-pyrrole nitrogens is 1. The maximum atomic E-state index is 13.7. The highest BCUT2D eigenvalue weighted by Gasteiger charge is 2.35. The van der Waals surface area contributed by atoms with E-state index in [4.69, 9.17) is 4.42 Å². The molecule has 1 aromatic carbocycles. The number of carbonyl (C=O) groups excluding carboxylic acids is 1. The van der Waals surface area contributed by atoms with E-state index >= 15 is 0 Å². The van der Waals surface area contributed by atoms with Gasteiger partial charge in [-0.25, -0.2) is 4.68 Å². The number of aromatic nitrogens is 5. The minimum Gasteiger partial charge on any atom is -0.459 e. The van der Waals surface area contributed by atoms with Crippen molar-refractivity contribution in [3.8, 4) is 0 Å². The number of rotatable bonds is 5. The Morgan fingerprint density at radius 1 is 1.05 bits per heavy atom. The van der Waals surface area contributed by atoms with E-state index in [1.165, 1.54) is 12.7 Å². The van der Waals surface area contributed by atoms with Gasteiger partial charge in [-0.2, -0.15) is 0 Å². The van der Waals surface area contributed by atoms with Gasteiger partial charge < -0.3 is 14.3 Å². The number of tetrazole rings is 1. The summed E-state index contributed by atoms with van der Waals surface area (Å²) in [5.41, 5.74) is 3.48. The Hall–Kier alpha value is -3.79. The molecular formula is C28H33N7O3. The van der Waals surface area contributed by atoms with Gasteiger partial charge in [-0.3, -0.25) is 14.5 Å². The van der Waals surface area contributed by atoms with Gasteiger partial charge in [-0.05, 0) is 66.4 Å². The van der Waals surface area contributed by atoms with Crippen LogP contribution in [0, 0.1) is 13.8 Å². The number of benzene rings is 1. The fourth-order valence-electron chi connectivity index (χ4n) is 6.00. The molecule has 0 radical (unpaired) electrons. The van der Waals surface area contributed by atoms with Crippen LogP contribution in [-0.4, -0.2) is 67.1 Å². The molecule has 1 aliphatic heterocycles. The summed E-state index contributed by atoms with van der Waals surface area (Å²) in [6, 6.07) is 9.34. The van der Waals surface area contributed by atoms with Crippen molar-refractivity contribution in [3.63, 3.8) is 0 Å². The summed E-state index contributed by atoms with van der Waals surface area (Å²) in [4.78, 5) is 33.7. The third-order valence-corrected chi connectivity index (χ3v) is 8.15. The number of hydrogen-bond acceptors (Lipinski definition) is 7. The summed E-state index contributed by atoms with van der Waals surface area (Å²) in [7, 11) is 0. The second-order valence-electron chi connectivity index (χ2n) is 10.5. The van der Waals surface area contributed by atoms with Gasteiger partial charge in [0.1, 0.15) is 6.04 Å². The summed E-state index contributed by atoms with van der Waals surface area (Å²) >= 11 is 0. The zero-order valence-corrected chi connectivity index (χ0v) is 21.9. The number of carbonyl (C=O) groups is 1. The van der Waals surface area contributed by atoms with Gasteiger partial charge in [-0.15, -0.1) is 5.10 Å². The van der Waals surface area contributed by atoms with E-state index in [0.717, 1.165) is 47.7 Å². The number of pyridine rings is 1. The molecule has 6 rings (SSSR count). The minimum absolute atomic E-state index is 0.118. The van der Waals surface area contributed by atoms with Crippen molar-refractivity contribution in [2.24, 2.45) is 0 Å². The first kappa shape index (κ1) is 24.5. The van der Waals surface area contributed by atoms with E-state index in [1.54, 1.807) is 17.0 Å². The lowest BCUT2D eigenvalue weighted by Crippen LogP contribution is -2.51. The van der Waals surface area contributed by atoms with E-state index in [2.05, 4.69) is 38.4 Å². The Morgan fingerprint density at radius 2 is 1.82 bits per heavy atom. The zero-order chi connectivity index (χ0) is 26.2. The van der Waals surface area contributed by atoms with Crippen molar-refractivity contribution < 1.29 is 9.21 Å². The van der Waals surface area contributed by atoms with E-state index in [9.17, 15) is 9.59 Å². The lowest BCUT2D eigenvalue weighted by Gasteiger charge is -2.38. The van der Waals surface area contributed by atoms with Gasteiger partial charge in [0.25, 0.3) is 11.5 Å². The maximum absolute atomic E-state index is 13.7. The number of hydrogen-bond donors (Lipinski definition) is 1. The van der Waals surface area contributed by atoms with Crippen molar-refractivity contribution in [3.05, 3.63) is 75.2 Å². The normalized spacial score (nSPS) is 18.2. The molecule has 1 saturated carbocycles. The van der Waals surface area contributed by atoms with Gasteiger partial charge in [0.15, 0.2) is 11.6 Å². The average Bonchev–Trinajstić information content (AvgIpc) is 3.65. The molecule has 1 amide bonds. The molecule has 0 unspecified atom stereocenters. The van der Waals surface area contributed by atoms with Crippen LogP contribution in [0.3, 0.4) is 0 Å². The number of aromatic amines is 1. The molecule has 3 aromatic heterocycles. The highest BCUT2D eigenvalue weighted by Crippen LogP contribution is 2.34. The number of amides is 1. The van der Waals surface area contributed by atoms with E-state index in [1.807, 2.05) is 23.7 Å². The summed E-state index contributed by atoms with van der Waals surface area (Å²) < 4.78 is 7.29. The van der Waals surface area contributed by atoms with E-state index < -0.39 is 6.04 Å². The molecule has 38 heavy (non-hydrogen) atoms. The summed E-state index contributed by atoms with van der Waals surface area (Å²) in [6.45, 7) is 6.27. The Kier molecular flexibility index (Phi) is 6.57. The third-order valence-electron chi connectivity index (χ3n) is 8.15. The largest absolute Gasteiger partial charge is 0.459 e. The second kappa shape index (κ2) is 10.2. The molecule has 0 spiro atoms. The smallest absolute Gasteiger partial charge is 0.289 e. The monoisotopic (exact) mass is 515 g/mol. The van der Waals surface area contributed by atoms with Crippen LogP contribution in [0.4, 0.5) is 0 Å². The fourth-order valence-corrected chi connectivity index (χ4v) is 6.00. The first-order chi connectivity index (χ1) is 18.5. The first-order valence-electron chi connectivity index (χ1n) is 13.5. The topological polar surface area (TPSA) is 113 Å². The Balaban J connectivity index is 1.40. The Labute approximate surface area is 220 Å². The van der Waals surface area contributed by atoms with Crippen LogP contribution < -0.4 is 5.56 Å². The number of furan rings is 1. The molecule has 198 valence electrons. The first-order valence-corrected chi connectivity index (χ1v) is 13.5. The Bertz CT molecular complexity index is 1490. The van der Waals surface area contributed by atoms with E-state index in [-0.39, 0.29) is 17.5 Å². The van der Waals surface area contributed by atoms with Crippen molar-refractivity contribution in [2.75, 3.05) is 26.2 Å². The van der Waals surface area contributed by atoms with Gasteiger partial charge in [0.05, 0.1) is 17.8 Å². The molecule has 2 fully saturated rings. The minimum atomic E-state index is -0.430. The summed E-state index contributed by atoms with van der Waals surface area (Å²) in [5.74, 6) is 0.916. The van der Waals surface area contributed by atoms with Crippen molar-refractivity contribution >= 4 is 16.8 Å². The second-order valence-corrected chi connectivity index (χ2v) is 10.5. The highest BCUT2D eigenvalue weighted by molar-refractivity contribution is 5.91. The Morgan fingerprint density at radius 3 is 2.55 bits per heavy atom. The number of nitrogens with one attached hydrogen (secondary N) is 1. The van der Waals surface area contributed by atoms with E-state index in [0.29, 0.717) is 43.3 Å². The fraction of sp³-hybridized carbons (Fsp3) is 0.464. The standard InChI is InChI=1S/C28H33N7O3/c1-18-10-11-19(2)24-21(18)17-22(27(36)29-24)25(26-30-31-32-35(26)20-7-4-3-5-8-20)33-12-14-34(15-13-33)28(37)23-9-6-16-38-23/h6,9-11,16-17,20,25H,3-5,7-8,12-15H2,1-2H3,(H,29,36)/t25-/m1/s1. The van der Waals surface area contributed by atoms with Crippen LogP contribution in [-0.2, 0) is 0 Å². The number of piperazine rings is 1. The molecule has 4 aromatic rings. The molecule has 2 aliphatic rings.